The number of amides is 2. The van der Waals surface area contributed by atoms with E-state index in [2.05, 4.69) is 5.32 Å². The van der Waals surface area contributed by atoms with E-state index in [9.17, 15) is 22.8 Å². The van der Waals surface area contributed by atoms with Gasteiger partial charge in [0.05, 0.1) is 24.6 Å². The van der Waals surface area contributed by atoms with Crippen LogP contribution in [-0.2, 0) is 15.7 Å². The fraction of sp³-hybridized carbons (Fsp3) is 0.462. The molecule has 9 heteroatoms. The van der Waals surface area contributed by atoms with E-state index in [0.29, 0.717) is 11.3 Å². The Morgan fingerprint density at radius 1 is 1.06 bits per heavy atom. The van der Waals surface area contributed by atoms with E-state index in [1.807, 2.05) is 25.1 Å². The number of hydrogen-bond donors (Lipinski definition) is 1. The van der Waals surface area contributed by atoms with Gasteiger partial charge in [0.15, 0.2) is 0 Å². The Hall–Kier alpha value is -3.23. The van der Waals surface area contributed by atoms with Crippen molar-refractivity contribution in [3.8, 4) is 5.75 Å². The zero-order chi connectivity index (χ0) is 26.0. The van der Waals surface area contributed by atoms with Crippen LogP contribution < -0.4 is 10.1 Å². The minimum absolute atomic E-state index is 0.0945. The highest BCUT2D eigenvalue weighted by molar-refractivity contribution is 5.82. The molecule has 1 aliphatic heterocycles. The number of hydrogen-bond acceptors (Lipinski definition) is 4. The summed E-state index contributed by atoms with van der Waals surface area (Å²) in [5, 5.41) is 2.98. The molecule has 2 aromatic carbocycles. The Kier molecular flexibility index (Phi) is 7.67. The Morgan fingerprint density at radius 3 is 2.29 bits per heavy atom. The fourth-order valence-corrected chi connectivity index (χ4v) is 4.12. The molecule has 1 heterocycles. The highest BCUT2D eigenvalue weighted by atomic mass is 19.4. The van der Waals surface area contributed by atoms with E-state index >= 15 is 0 Å². The molecule has 6 nitrogen and oxygen atoms in total. The number of alkyl halides is 3. The molecular formula is C26H31F3N2O4. The highest BCUT2D eigenvalue weighted by Gasteiger charge is 2.42. The number of carbonyl (C=O) groups excluding carboxylic acids is 2. The van der Waals surface area contributed by atoms with Gasteiger partial charge in [-0.3, -0.25) is 4.79 Å². The first-order chi connectivity index (χ1) is 16.3. The molecule has 3 rings (SSSR count). The van der Waals surface area contributed by atoms with Crippen molar-refractivity contribution in [2.45, 2.75) is 51.4 Å². The van der Waals surface area contributed by atoms with Crippen LogP contribution in [0.1, 0.15) is 56.3 Å². The minimum Gasteiger partial charge on any atom is -0.497 e. The number of ether oxygens (including phenoxy) is 2. The monoisotopic (exact) mass is 492 g/mol. The van der Waals surface area contributed by atoms with E-state index in [0.717, 1.165) is 17.7 Å². The molecule has 0 aliphatic carbocycles. The van der Waals surface area contributed by atoms with Crippen molar-refractivity contribution in [1.82, 2.24) is 10.2 Å². The smallest absolute Gasteiger partial charge is 0.416 e. The summed E-state index contributed by atoms with van der Waals surface area (Å²) in [4.78, 5) is 27.5. The molecule has 2 amide bonds. The van der Waals surface area contributed by atoms with Crippen molar-refractivity contribution in [2.24, 2.45) is 5.92 Å². The summed E-state index contributed by atoms with van der Waals surface area (Å²) < 4.78 is 49.8. The third kappa shape index (κ3) is 6.68. The van der Waals surface area contributed by atoms with Gasteiger partial charge in [0.2, 0.25) is 5.91 Å². The summed E-state index contributed by atoms with van der Waals surface area (Å²) >= 11 is 0. The average Bonchev–Trinajstić information content (AvgIpc) is 3.23. The zero-order valence-electron chi connectivity index (χ0n) is 20.5. The largest absolute Gasteiger partial charge is 0.497 e. The van der Waals surface area contributed by atoms with Crippen LogP contribution in [0.15, 0.2) is 48.5 Å². The third-order valence-corrected chi connectivity index (χ3v) is 5.93. The van der Waals surface area contributed by atoms with E-state index in [1.165, 1.54) is 17.0 Å². The third-order valence-electron chi connectivity index (χ3n) is 5.93. The summed E-state index contributed by atoms with van der Waals surface area (Å²) in [6.45, 7) is 7.32. The van der Waals surface area contributed by atoms with Crippen LogP contribution in [0.5, 0.6) is 5.75 Å². The van der Waals surface area contributed by atoms with Gasteiger partial charge in [0, 0.05) is 19.0 Å². The lowest BCUT2D eigenvalue weighted by molar-refractivity contribution is -0.137. The van der Waals surface area contributed by atoms with Crippen LogP contribution >= 0.6 is 0 Å². The molecule has 1 fully saturated rings. The first-order valence-corrected chi connectivity index (χ1v) is 11.4. The lowest BCUT2D eigenvalue weighted by Crippen LogP contribution is -2.38. The number of carbonyl (C=O) groups is 2. The van der Waals surface area contributed by atoms with Gasteiger partial charge in [0.25, 0.3) is 0 Å². The SMILES string of the molecule is COc1cccc(C(C)NC(=O)C2CN(C(=O)OC(C)(C)C)CC2c2ccc(C(F)(F)F)cc2)c1. The number of nitrogens with zero attached hydrogens (tertiary/aromatic N) is 1. The topological polar surface area (TPSA) is 67.9 Å². The van der Waals surface area contributed by atoms with Crippen LogP contribution in [0.4, 0.5) is 18.0 Å². The van der Waals surface area contributed by atoms with Crippen molar-refractivity contribution in [1.29, 1.82) is 0 Å². The molecule has 0 aromatic heterocycles. The van der Waals surface area contributed by atoms with Crippen LogP contribution in [0.2, 0.25) is 0 Å². The van der Waals surface area contributed by atoms with E-state index in [1.54, 1.807) is 33.9 Å². The number of nitrogens with one attached hydrogen (secondary N) is 1. The highest BCUT2D eigenvalue weighted by Crippen LogP contribution is 2.36. The van der Waals surface area contributed by atoms with Gasteiger partial charge in [-0.2, -0.15) is 13.2 Å². The summed E-state index contributed by atoms with van der Waals surface area (Å²) in [6, 6.07) is 11.7. The summed E-state index contributed by atoms with van der Waals surface area (Å²) in [5.74, 6) is -0.783. The number of halogens is 3. The number of rotatable bonds is 5. The predicted octanol–water partition coefficient (Wildman–Crippen LogP) is 5.54. The second-order valence-corrected chi connectivity index (χ2v) is 9.72. The van der Waals surface area contributed by atoms with Gasteiger partial charge in [-0.05, 0) is 63.1 Å². The molecule has 3 unspecified atom stereocenters. The maximum Gasteiger partial charge on any atom is 0.416 e. The normalized spacial score (nSPS) is 19.3. The van der Waals surface area contributed by atoms with Gasteiger partial charge in [0.1, 0.15) is 11.4 Å². The zero-order valence-corrected chi connectivity index (χ0v) is 20.5. The molecule has 0 radical (unpaired) electrons. The van der Waals surface area contributed by atoms with E-state index < -0.39 is 35.3 Å². The van der Waals surface area contributed by atoms with Crippen molar-refractivity contribution < 1.29 is 32.2 Å². The van der Waals surface area contributed by atoms with Crippen LogP contribution in [0.3, 0.4) is 0 Å². The Labute approximate surface area is 203 Å². The minimum atomic E-state index is -4.46. The van der Waals surface area contributed by atoms with Gasteiger partial charge in [-0.25, -0.2) is 4.79 Å². The van der Waals surface area contributed by atoms with Gasteiger partial charge < -0.3 is 19.7 Å². The predicted molar refractivity (Wildman–Crippen MR) is 125 cm³/mol. The first-order valence-electron chi connectivity index (χ1n) is 11.4. The van der Waals surface area contributed by atoms with E-state index in [4.69, 9.17) is 9.47 Å². The molecule has 0 saturated carbocycles. The molecule has 1 saturated heterocycles. The Bertz CT molecular complexity index is 1050. The quantitative estimate of drug-likeness (QED) is 0.595. The molecule has 0 spiro atoms. The average molecular weight is 493 g/mol. The summed E-state index contributed by atoms with van der Waals surface area (Å²) in [5.41, 5.74) is -0.0952. The van der Waals surface area contributed by atoms with Crippen LogP contribution in [-0.4, -0.2) is 42.7 Å². The van der Waals surface area contributed by atoms with Crippen LogP contribution in [0.25, 0.3) is 0 Å². The molecular weight excluding hydrogens is 461 g/mol. The van der Waals surface area contributed by atoms with Crippen molar-refractivity contribution >= 4 is 12.0 Å². The molecule has 3 atom stereocenters. The molecule has 1 aliphatic rings. The second-order valence-electron chi connectivity index (χ2n) is 9.72. The number of methoxy groups -OCH3 is 1. The van der Waals surface area contributed by atoms with Gasteiger partial charge in [-0.1, -0.05) is 24.3 Å². The number of likely N-dealkylation sites (tertiary alicyclic amines) is 1. The Morgan fingerprint density at radius 2 is 1.71 bits per heavy atom. The first kappa shape index (κ1) is 26.4. The molecule has 0 bridgehead atoms. The lowest BCUT2D eigenvalue weighted by atomic mass is 9.87. The standard InChI is InChI=1S/C26H31F3N2O4/c1-16(18-7-6-8-20(13-18)34-5)30-23(32)22-15-31(24(33)35-25(2,3)4)14-21(22)17-9-11-19(12-10-17)26(27,28)29/h6-13,16,21-22H,14-15H2,1-5H3,(H,30,32). The maximum atomic E-state index is 13.3. The fourth-order valence-electron chi connectivity index (χ4n) is 4.12. The van der Waals surface area contributed by atoms with Crippen molar-refractivity contribution in [2.75, 3.05) is 20.2 Å². The van der Waals surface area contributed by atoms with Crippen LogP contribution in [0, 0.1) is 5.92 Å². The second kappa shape index (κ2) is 10.2. The molecule has 190 valence electrons. The number of benzene rings is 2. The van der Waals surface area contributed by atoms with Gasteiger partial charge in [-0.15, -0.1) is 0 Å². The summed E-state index contributed by atoms with van der Waals surface area (Å²) in [6.07, 6.45) is -5.02. The molecule has 1 N–H and O–H groups in total. The summed E-state index contributed by atoms with van der Waals surface area (Å²) in [7, 11) is 1.56. The lowest BCUT2D eigenvalue weighted by Gasteiger charge is -2.24. The Balaban J connectivity index is 1.84. The molecule has 35 heavy (non-hydrogen) atoms. The maximum absolute atomic E-state index is 13.3. The van der Waals surface area contributed by atoms with Gasteiger partial charge >= 0.3 is 12.3 Å². The van der Waals surface area contributed by atoms with Crippen molar-refractivity contribution in [3.63, 3.8) is 0 Å². The molecule has 2 aromatic rings. The van der Waals surface area contributed by atoms with Crippen molar-refractivity contribution in [3.05, 3.63) is 65.2 Å². The van der Waals surface area contributed by atoms with E-state index in [-0.39, 0.29) is 25.0 Å².